The van der Waals surface area contributed by atoms with Gasteiger partial charge in [0.2, 0.25) is 0 Å². The Hall–Kier alpha value is -0.830. The third kappa shape index (κ3) is 2.58. The number of benzene rings is 1. The van der Waals surface area contributed by atoms with Crippen LogP contribution >= 0.6 is 11.8 Å². The molecule has 1 unspecified atom stereocenters. The fourth-order valence-corrected chi connectivity index (χ4v) is 2.56. The summed E-state index contributed by atoms with van der Waals surface area (Å²) in [6.07, 6.45) is 2.74. The zero-order valence-corrected chi connectivity index (χ0v) is 8.80. The Morgan fingerprint density at radius 3 is 2.71 bits per heavy atom. The van der Waals surface area contributed by atoms with Crippen LogP contribution in [0.25, 0.3) is 0 Å². The molecule has 0 aromatic heterocycles. The number of hydrogen-bond donors (Lipinski definition) is 1. The number of phenols is 1. The predicted octanol–water partition coefficient (Wildman–Crippen LogP) is 2.67. The van der Waals surface area contributed by atoms with Crippen LogP contribution in [-0.4, -0.2) is 22.7 Å². The first-order chi connectivity index (χ1) is 6.84. The lowest BCUT2D eigenvalue weighted by atomic mass is 10.2. The van der Waals surface area contributed by atoms with E-state index >= 15 is 0 Å². The number of hydrogen-bond acceptors (Lipinski definition) is 3. The second-order valence-electron chi connectivity index (χ2n) is 3.45. The molecule has 0 spiro atoms. The molecule has 1 fully saturated rings. The van der Waals surface area contributed by atoms with Gasteiger partial charge in [-0.25, -0.2) is 0 Å². The third-order valence-corrected chi connectivity index (χ3v) is 3.44. The molecule has 1 aromatic carbocycles. The first kappa shape index (κ1) is 9.71. The molecule has 1 N–H and O–H groups in total. The molecular formula is C11H14O2S. The van der Waals surface area contributed by atoms with Crippen molar-refractivity contribution in [2.75, 3.05) is 11.5 Å². The van der Waals surface area contributed by atoms with E-state index in [1.807, 2.05) is 23.9 Å². The van der Waals surface area contributed by atoms with E-state index in [9.17, 15) is 0 Å². The first-order valence-electron chi connectivity index (χ1n) is 4.88. The van der Waals surface area contributed by atoms with Gasteiger partial charge in [0.1, 0.15) is 17.6 Å². The molecule has 0 aliphatic carbocycles. The Bertz CT molecular complexity index is 278. The average molecular weight is 210 g/mol. The quantitative estimate of drug-likeness (QED) is 0.813. The lowest BCUT2D eigenvalue weighted by molar-refractivity contribution is 0.211. The summed E-state index contributed by atoms with van der Waals surface area (Å²) in [5.41, 5.74) is 0. The zero-order valence-electron chi connectivity index (χ0n) is 7.98. The van der Waals surface area contributed by atoms with Gasteiger partial charge >= 0.3 is 0 Å². The molecule has 14 heavy (non-hydrogen) atoms. The van der Waals surface area contributed by atoms with E-state index < -0.39 is 0 Å². The number of phenolic OH excluding ortho intramolecular Hbond substituents is 1. The lowest BCUT2D eigenvalue weighted by Crippen LogP contribution is -2.23. The van der Waals surface area contributed by atoms with Gasteiger partial charge in [0.15, 0.2) is 0 Å². The van der Waals surface area contributed by atoms with Gasteiger partial charge in [-0.05, 0) is 42.9 Å². The van der Waals surface area contributed by atoms with Crippen LogP contribution in [-0.2, 0) is 0 Å². The fourth-order valence-electron chi connectivity index (χ4n) is 1.52. The molecule has 1 aromatic rings. The maximum atomic E-state index is 9.10. The largest absolute Gasteiger partial charge is 0.508 e. The highest BCUT2D eigenvalue weighted by molar-refractivity contribution is 7.99. The van der Waals surface area contributed by atoms with Crippen molar-refractivity contribution in [1.82, 2.24) is 0 Å². The normalized spacial score (nSPS) is 21.9. The summed E-state index contributed by atoms with van der Waals surface area (Å²) >= 11 is 1.95. The van der Waals surface area contributed by atoms with Crippen molar-refractivity contribution < 1.29 is 9.84 Å². The summed E-state index contributed by atoms with van der Waals surface area (Å²) in [5, 5.41) is 9.10. The molecule has 2 nitrogen and oxygen atoms in total. The number of rotatable bonds is 2. The smallest absolute Gasteiger partial charge is 0.120 e. The van der Waals surface area contributed by atoms with E-state index in [4.69, 9.17) is 9.84 Å². The summed E-state index contributed by atoms with van der Waals surface area (Å²) in [6, 6.07) is 6.94. The SMILES string of the molecule is Oc1ccc(OC2CCCSC2)cc1. The van der Waals surface area contributed by atoms with Gasteiger partial charge in [0.25, 0.3) is 0 Å². The predicted molar refractivity (Wildman–Crippen MR) is 59.1 cm³/mol. The Labute approximate surface area is 88.3 Å². The van der Waals surface area contributed by atoms with Gasteiger partial charge in [-0.15, -0.1) is 0 Å². The zero-order chi connectivity index (χ0) is 9.80. The molecule has 0 radical (unpaired) electrons. The molecule has 2 rings (SSSR count). The van der Waals surface area contributed by atoms with E-state index in [1.54, 1.807) is 12.1 Å². The Morgan fingerprint density at radius 1 is 1.29 bits per heavy atom. The average Bonchev–Trinajstić information content (AvgIpc) is 2.23. The van der Waals surface area contributed by atoms with E-state index in [0.717, 1.165) is 17.9 Å². The fraction of sp³-hybridized carbons (Fsp3) is 0.455. The molecule has 0 saturated carbocycles. The minimum Gasteiger partial charge on any atom is -0.508 e. The second kappa shape index (κ2) is 4.60. The van der Waals surface area contributed by atoms with Crippen LogP contribution in [0.2, 0.25) is 0 Å². The minimum absolute atomic E-state index is 0.287. The topological polar surface area (TPSA) is 29.5 Å². The van der Waals surface area contributed by atoms with Crippen LogP contribution in [0.15, 0.2) is 24.3 Å². The molecule has 3 heteroatoms. The molecule has 1 saturated heterocycles. The molecular weight excluding hydrogens is 196 g/mol. The van der Waals surface area contributed by atoms with Crippen LogP contribution in [0, 0.1) is 0 Å². The summed E-state index contributed by atoms with van der Waals surface area (Å²) < 4.78 is 5.78. The van der Waals surface area contributed by atoms with Crippen LogP contribution < -0.4 is 4.74 Å². The Morgan fingerprint density at radius 2 is 2.07 bits per heavy atom. The molecule has 1 heterocycles. The van der Waals surface area contributed by atoms with Crippen molar-refractivity contribution in [3.63, 3.8) is 0 Å². The van der Waals surface area contributed by atoms with E-state index in [1.165, 1.54) is 12.2 Å². The molecule has 0 bridgehead atoms. The van der Waals surface area contributed by atoms with Gasteiger partial charge in [-0.1, -0.05) is 0 Å². The van der Waals surface area contributed by atoms with Crippen molar-refractivity contribution in [3.05, 3.63) is 24.3 Å². The molecule has 1 aliphatic rings. The standard InChI is InChI=1S/C11H14O2S/c12-9-3-5-10(6-4-9)13-11-2-1-7-14-8-11/h3-6,11-12H,1-2,7-8H2. The summed E-state index contributed by atoms with van der Waals surface area (Å²) in [5.74, 6) is 3.49. The summed E-state index contributed by atoms with van der Waals surface area (Å²) in [4.78, 5) is 0. The van der Waals surface area contributed by atoms with Crippen molar-refractivity contribution in [3.8, 4) is 11.5 Å². The minimum atomic E-state index is 0.287. The lowest BCUT2D eigenvalue weighted by Gasteiger charge is -2.22. The highest BCUT2D eigenvalue weighted by Crippen LogP contribution is 2.23. The Kier molecular flexibility index (Phi) is 3.19. The number of ether oxygens (including phenoxy) is 1. The van der Waals surface area contributed by atoms with E-state index in [2.05, 4.69) is 0 Å². The highest BCUT2D eigenvalue weighted by atomic mass is 32.2. The second-order valence-corrected chi connectivity index (χ2v) is 4.60. The van der Waals surface area contributed by atoms with Gasteiger partial charge < -0.3 is 9.84 Å². The molecule has 0 amide bonds. The van der Waals surface area contributed by atoms with Gasteiger partial charge in [-0.2, -0.15) is 11.8 Å². The van der Waals surface area contributed by atoms with E-state index in [-0.39, 0.29) is 5.75 Å². The van der Waals surface area contributed by atoms with Crippen LogP contribution in [0.1, 0.15) is 12.8 Å². The maximum Gasteiger partial charge on any atom is 0.120 e. The first-order valence-corrected chi connectivity index (χ1v) is 6.03. The van der Waals surface area contributed by atoms with Gasteiger partial charge in [-0.3, -0.25) is 0 Å². The van der Waals surface area contributed by atoms with Crippen LogP contribution in [0.3, 0.4) is 0 Å². The third-order valence-electron chi connectivity index (χ3n) is 2.26. The van der Waals surface area contributed by atoms with Gasteiger partial charge in [0.05, 0.1) is 0 Å². The van der Waals surface area contributed by atoms with Crippen molar-refractivity contribution in [2.24, 2.45) is 0 Å². The van der Waals surface area contributed by atoms with Crippen LogP contribution in [0.5, 0.6) is 11.5 Å². The Balaban J connectivity index is 1.92. The van der Waals surface area contributed by atoms with Crippen molar-refractivity contribution >= 4 is 11.8 Å². The van der Waals surface area contributed by atoms with Crippen LogP contribution in [0.4, 0.5) is 0 Å². The number of thioether (sulfide) groups is 1. The highest BCUT2D eigenvalue weighted by Gasteiger charge is 2.14. The maximum absolute atomic E-state index is 9.10. The molecule has 1 aliphatic heterocycles. The van der Waals surface area contributed by atoms with Gasteiger partial charge in [0, 0.05) is 5.75 Å². The van der Waals surface area contributed by atoms with Crippen molar-refractivity contribution in [2.45, 2.75) is 18.9 Å². The monoisotopic (exact) mass is 210 g/mol. The summed E-state index contributed by atoms with van der Waals surface area (Å²) in [7, 11) is 0. The molecule has 76 valence electrons. The summed E-state index contributed by atoms with van der Waals surface area (Å²) in [6.45, 7) is 0. The number of aromatic hydroxyl groups is 1. The van der Waals surface area contributed by atoms with E-state index in [0.29, 0.717) is 6.10 Å². The van der Waals surface area contributed by atoms with Crippen molar-refractivity contribution in [1.29, 1.82) is 0 Å². The molecule has 1 atom stereocenters.